The smallest absolute Gasteiger partial charge is 0.287 e. The summed E-state index contributed by atoms with van der Waals surface area (Å²) in [7, 11) is 0. The van der Waals surface area contributed by atoms with Crippen LogP contribution < -0.4 is 16.2 Å². The van der Waals surface area contributed by atoms with Crippen molar-refractivity contribution in [2.75, 3.05) is 18.0 Å². The number of nitrogens with two attached hydrogens (primary N) is 1. The summed E-state index contributed by atoms with van der Waals surface area (Å²) < 4.78 is 1.38. The molecule has 1 fully saturated rings. The predicted molar refractivity (Wildman–Crippen MR) is 77.8 cm³/mol. The van der Waals surface area contributed by atoms with Crippen LogP contribution in [0, 0.1) is 5.92 Å². The number of anilines is 1. The quantitative estimate of drug-likeness (QED) is 0.913. The summed E-state index contributed by atoms with van der Waals surface area (Å²) in [5.41, 5.74) is 6.47. The van der Waals surface area contributed by atoms with Crippen molar-refractivity contribution in [3.8, 4) is 0 Å². The van der Waals surface area contributed by atoms with Crippen LogP contribution in [0.2, 0.25) is 5.02 Å². The van der Waals surface area contributed by atoms with Gasteiger partial charge < -0.3 is 10.6 Å². The molecule has 0 spiro atoms. The second kappa shape index (κ2) is 5.92. The molecular formula is C13H21ClN4O. The number of nitrogens with zero attached hydrogens (tertiary/aromatic N) is 3. The zero-order valence-electron chi connectivity index (χ0n) is 11.5. The number of hydrogen-bond acceptors (Lipinski definition) is 4. The summed E-state index contributed by atoms with van der Waals surface area (Å²) in [6, 6.07) is 0.226. The van der Waals surface area contributed by atoms with Gasteiger partial charge in [-0.3, -0.25) is 4.79 Å². The Balaban J connectivity index is 2.16. The molecule has 1 aliphatic rings. The minimum absolute atomic E-state index is 0.212. The molecule has 5 nitrogen and oxygen atoms in total. The second-order valence-corrected chi connectivity index (χ2v) is 5.53. The Morgan fingerprint density at radius 1 is 1.53 bits per heavy atom. The van der Waals surface area contributed by atoms with Gasteiger partial charge in [0.2, 0.25) is 0 Å². The van der Waals surface area contributed by atoms with Gasteiger partial charge in [0.15, 0.2) is 0 Å². The second-order valence-electron chi connectivity index (χ2n) is 5.15. The maximum absolute atomic E-state index is 12.0. The molecule has 2 N–H and O–H groups in total. The van der Waals surface area contributed by atoms with Crippen molar-refractivity contribution >= 4 is 17.3 Å². The highest BCUT2D eigenvalue weighted by atomic mass is 35.5. The van der Waals surface area contributed by atoms with E-state index in [-0.39, 0.29) is 16.6 Å². The number of piperidine rings is 1. The number of rotatable bonds is 3. The highest BCUT2D eigenvalue weighted by molar-refractivity contribution is 6.33. The summed E-state index contributed by atoms with van der Waals surface area (Å²) in [6.07, 6.45) is 3.76. The molecule has 1 aromatic heterocycles. The topological polar surface area (TPSA) is 64.2 Å². The number of aryl methyl sites for hydroxylation is 1. The van der Waals surface area contributed by atoms with Gasteiger partial charge in [-0.2, -0.15) is 5.10 Å². The molecule has 1 aromatic rings. The molecule has 106 valence electrons. The molecule has 19 heavy (non-hydrogen) atoms. The van der Waals surface area contributed by atoms with Gasteiger partial charge in [0.25, 0.3) is 5.56 Å². The molecule has 0 aromatic carbocycles. The lowest BCUT2D eigenvalue weighted by Gasteiger charge is -2.35. The van der Waals surface area contributed by atoms with Gasteiger partial charge in [-0.1, -0.05) is 11.6 Å². The lowest BCUT2D eigenvalue weighted by atomic mass is 9.91. The van der Waals surface area contributed by atoms with Crippen LogP contribution >= 0.6 is 11.6 Å². The van der Waals surface area contributed by atoms with Crippen molar-refractivity contribution in [1.29, 1.82) is 0 Å². The van der Waals surface area contributed by atoms with E-state index in [2.05, 4.69) is 16.9 Å². The first-order valence-corrected chi connectivity index (χ1v) is 7.18. The molecule has 0 aliphatic carbocycles. The van der Waals surface area contributed by atoms with Gasteiger partial charge in [0, 0.05) is 25.7 Å². The van der Waals surface area contributed by atoms with Crippen LogP contribution in [0.25, 0.3) is 0 Å². The van der Waals surface area contributed by atoms with Crippen molar-refractivity contribution in [1.82, 2.24) is 9.78 Å². The fourth-order valence-corrected chi connectivity index (χ4v) is 2.83. The fourth-order valence-electron chi connectivity index (χ4n) is 2.57. The first-order chi connectivity index (χ1) is 9.04. The van der Waals surface area contributed by atoms with Crippen molar-refractivity contribution < 1.29 is 0 Å². The molecule has 0 amide bonds. The van der Waals surface area contributed by atoms with Crippen LogP contribution in [0.1, 0.15) is 26.7 Å². The zero-order valence-corrected chi connectivity index (χ0v) is 12.2. The largest absolute Gasteiger partial charge is 0.369 e. The monoisotopic (exact) mass is 284 g/mol. The fraction of sp³-hybridized carbons (Fsp3) is 0.692. The minimum atomic E-state index is -0.212. The van der Waals surface area contributed by atoms with E-state index in [4.69, 9.17) is 17.3 Å². The molecule has 1 saturated heterocycles. The molecule has 1 unspecified atom stereocenters. The normalized spacial score (nSPS) is 18.6. The summed E-state index contributed by atoms with van der Waals surface area (Å²) in [4.78, 5) is 14.1. The van der Waals surface area contributed by atoms with E-state index in [1.165, 1.54) is 4.68 Å². The van der Waals surface area contributed by atoms with E-state index in [0.717, 1.165) is 31.6 Å². The molecule has 6 heteroatoms. The van der Waals surface area contributed by atoms with E-state index in [1.807, 2.05) is 6.92 Å². The van der Waals surface area contributed by atoms with Crippen LogP contribution in [0.3, 0.4) is 0 Å². The van der Waals surface area contributed by atoms with Gasteiger partial charge >= 0.3 is 0 Å². The Labute approximate surface area is 118 Å². The van der Waals surface area contributed by atoms with Crippen LogP contribution in [-0.4, -0.2) is 28.9 Å². The van der Waals surface area contributed by atoms with Crippen molar-refractivity contribution in [2.45, 2.75) is 39.3 Å². The lowest BCUT2D eigenvalue weighted by Crippen LogP contribution is -2.40. The van der Waals surface area contributed by atoms with E-state index >= 15 is 0 Å². The zero-order chi connectivity index (χ0) is 14.0. The van der Waals surface area contributed by atoms with E-state index < -0.39 is 0 Å². The Bertz CT molecular complexity index is 492. The van der Waals surface area contributed by atoms with Crippen molar-refractivity contribution in [2.24, 2.45) is 11.7 Å². The summed E-state index contributed by atoms with van der Waals surface area (Å²) >= 11 is 6.17. The molecule has 0 bridgehead atoms. The standard InChI is InChI=1S/C13H21ClN4O/c1-3-18-13(19)12(14)11(8-16-18)17-6-4-10(5-7-17)9(2)15/h8-10H,3-7,15H2,1-2H3. The average molecular weight is 285 g/mol. The van der Waals surface area contributed by atoms with Gasteiger partial charge in [-0.05, 0) is 32.6 Å². The molecule has 2 rings (SSSR count). The maximum Gasteiger partial charge on any atom is 0.287 e. The predicted octanol–water partition coefficient (Wildman–Crippen LogP) is 1.48. The summed E-state index contributed by atoms with van der Waals surface area (Å²) in [6.45, 7) is 6.22. The number of hydrogen-bond donors (Lipinski definition) is 1. The minimum Gasteiger partial charge on any atom is -0.369 e. The Hall–Kier alpha value is -1.07. The Morgan fingerprint density at radius 3 is 2.68 bits per heavy atom. The molecule has 1 atom stereocenters. The summed E-state index contributed by atoms with van der Waals surface area (Å²) in [5.74, 6) is 0.555. The first-order valence-electron chi connectivity index (χ1n) is 6.80. The molecule has 0 saturated carbocycles. The molecule has 1 aliphatic heterocycles. The van der Waals surface area contributed by atoms with Crippen LogP contribution in [0.5, 0.6) is 0 Å². The lowest BCUT2D eigenvalue weighted by molar-refractivity contribution is 0.354. The van der Waals surface area contributed by atoms with Crippen LogP contribution in [0.15, 0.2) is 11.0 Å². The summed E-state index contributed by atoms with van der Waals surface area (Å²) in [5, 5.41) is 4.41. The molecule has 2 heterocycles. The van der Waals surface area contributed by atoms with E-state index in [9.17, 15) is 4.79 Å². The van der Waals surface area contributed by atoms with Gasteiger partial charge in [-0.15, -0.1) is 0 Å². The SMILES string of the molecule is CCn1ncc(N2CCC(C(C)N)CC2)c(Cl)c1=O. The van der Waals surface area contributed by atoms with Crippen LogP contribution in [-0.2, 0) is 6.54 Å². The first kappa shape index (κ1) is 14.3. The molecular weight excluding hydrogens is 264 g/mol. The average Bonchev–Trinajstić information content (AvgIpc) is 2.42. The number of halogens is 1. The Kier molecular flexibility index (Phi) is 4.47. The van der Waals surface area contributed by atoms with Gasteiger partial charge in [0.05, 0.1) is 11.9 Å². The van der Waals surface area contributed by atoms with Gasteiger partial charge in [-0.25, -0.2) is 4.68 Å². The Morgan fingerprint density at radius 2 is 2.16 bits per heavy atom. The van der Waals surface area contributed by atoms with Crippen LogP contribution in [0.4, 0.5) is 5.69 Å². The third-order valence-corrected chi connectivity index (χ3v) is 4.25. The molecule has 0 radical (unpaired) electrons. The van der Waals surface area contributed by atoms with Crippen molar-refractivity contribution in [3.63, 3.8) is 0 Å². The third-order valence-electron chi connectivity index (χ3n) is 3.89. The van der Waals surface area contributed by atoms with Crippen molar-refractivity contribution in [3.05, 3.63) is 21.6 Å². The number of aromatic nitrogens is 2. The maximum atomic E-state index is 12.0. The van der Waals surface area contributed by atoms with E-state index in [0.29, 0.717) is 12.5 Å². The van der Waals surface area contributed by atoms with E-state index in [1.54, 1.807) is 6.20 Å². The third kappa shape index (κ3) is 2.92. The highest BCUT2D eigenvalue weighted by Gasteiger charge is 2.24. The van der Waals surface area contributed by atoms with Gasteiger partial charge in [0.1, 0.15) is 5.02 Å². The highest BCUT2D eigenvalue weighted by Crippen LogP contribution is 2.27.